The molecule has 35 heavy (non-hydrogen) atoms. The number of ketones is 1. The zero-order valence-corrected chi connectivity index (χ0v) is 19.9. The van der Waals surface area contributed by atoms with E-state index in [9.17, 15) is 9.18 Å². The molecule has 0 bridgehead atoms. The number of benzene rings is 2. The number of morpholine rings is 1. The van der Waals surface area contributed by atoms with Gasteiger partial charge in [0.25, 0.3) is 0 Å². The lowest BCUT2D eigenvalue weighted by atomic mass is 10.1. The number of anilines is 2. The highest BCUT2D eigenvalue weighted by atomic mass is 35.5. The fourth-order valence-corrected chi connectivity index (χ4v) is 4.06. The average Bonchev–Trinajstić information content (AvgIpc) is 3.70. The van der Waals surface area contributed by atoms with Crippen LogP contribution in [0.2, 0.25) is 5.02 Å². The molecular formula is C26H26ClFN4O3. The Hall–Kier alpha value is -3.07. The van der Waals surface area contributed by atoms with E-state index in [2.05, 4.69) is 20.2 Å². The first kappa shape index (κ1) is 23.7. The maximum absolute atomic E-state index is 13.6. The fourth-order valence-electron chi connectivity index (χ4n) is 3.88. The molecule has 2 fully saturated rings. The highest BCUT2D eigenvalue weighted by molar-refractivity contribution is 6.31. The number of ether oxygens (including phenoxy) is 2. The molecule has 2 heterocycles. The van der Waals surface area contributed by atoms with Crippen LogP contribution in [0.4, 0.5) is 15.9 Å². The summed E-state index contributed by atoms with van der Waals surface area (Å²) in [5.74, 6) is 0.888. The van der Waals surface area contributed by atoms with Crippen LogP contribution in [0.5, 0.6) is 5.75 Å². The summed E-state index contributed by atoms with van der Waals surface area (Å²) >= 11 is 5.93. The number of allylic oxidation sites excluding steroid dienone is 1. The Bertz CT molecular complexity index is 1260. The minimum atomic E-state index is -0.501. The molecule has 2 aliphatic rings. The van der Waals surface area contributed by atoms with E-state index in [1.807, 2.05) is 6.08 Å². The van der Waals surface area contributed by atoms with E-state index < -0.39 is 5.82 Å². The molecule has 1 aromatic heterocycles. The molecule has 1 aliphatic carbocycles. The van der Waals surface area contributed by atoms with Crippen molar-refractivity contribution < 1.29 is 18.7 Å². The van der Waals surface area contributed by atoms with E-state index in [0.717, 1.165) is 25.9 Å². The number of rotatable bonds is 9. The van der Waals surface area contributed by atoms with Gasteiger partial charge < -0.3 is 14.8 Å². The van der Waals surface area contributed by atoms with Crippen LogP contribution < -0.4 is 10.1 Å². The summed E-state index contributed by atoms with van der Waals surface area (Å²) in [7, 11) is 0. The van der Waals surface area contributed by atoms with Crippen molar-refractivity contribution in [2.45, 2.75) is 12.8 Å². The van der Waals surface area contributed by atoms with Crippen molar-refractivity contribution in [3.63, 3.8) is 0 Å². The second kappa shape index (κ2) is 10.7. The number of carbonyl (C=O) groups excluding carboxylic acids is 1. The van der Waals surface area contributed by atoms with Gasteiger partial charge in [0.15, 0.2) is 5.78 Å². The topological polar surface area (TPSA) is 76.6 Å². The molecule has 0 radical (unpaired) electrons. The molecule has 7 nitrogen and oxygen atoms in total. The van der Waals surface area contributed by atoms with Gasteiger partial charge in [-0.2, -0.15) is 0 Å². The van der Waals surface area contributed by atoms with E-state index in [-0.39, 0.29) is 10.8 Å². The van der Waals surface area contributed by atoms with Crippen molar-refractivity contribution in [3.05, 3.63) is 65.2 Å². The molecular weight excluding hydrogens is 471 g/mol. The van der Waals surface area contributed by atoms with Crippen LogP contribution in [0, 0.1) is 11.7 Å². The van der Waals surface area contributed by atoms with Crippen LogP contribution in [0.25, 0.3) is 10.9 Å². The van der Waals surface area contributed by atoms with Crippen molar-refractivity contribution in [1.82, 2.24) is 14.9 Å². The normalized spacial score (nSPS) is 16.6. The van der Waals surface area contributed by atoms with E-state index in [0.29, 0.717) is 66.0 Å². The van der Waals surface area contributed by atoms with Gasteiger partial charge in [-0.15, -0.1) is 0 Å². The Morgan fingerprint density at radius 3 is 2.83 bits per heavy atom. The lowest BCUT2D eigenvalue weighted by Crippen LogP contribution is -2.36. The Balaban J connectivity index is 1.44. The summed E-state index contributed by atoms with van der Waals surface area (Å²) in [6.07, 6.45) is 7.20. The summed E-state index contributed by atoms with van der Waals surface area (Å²) in [5, 5.41) is 3.81. The maximum atomic E-state index is 13.6. The first-order chi connectivity index (χ1) is 17.1. The SMILES string of the molecule is O=C(C=CCN1CCOCC1)c1cc2c(Nc3ccc(F)c(Cl)c3)ncnc2cc1OCC1CC1. The van der Waals surface area contributed by atoms with Gasteiger partial charge in [-0.25, -0.2) is 14.4 Å². The molecule has 182 valence electrons. The molecule has 0 amide bonds. The number of nitrogens with zero attached hydrogens (tertiary/aromatic N) is 3. The van der Waals surface area contributed by atoms with E-state index in [1.165, 1.54) is 18.5 Å². The van der Waals surface area contributed by atoms with Crippen molar-refractivity contribution in [2.75, 3.05) is 44.8 Å². The molecule has 2 aromatic carbocycles. The van der Waals surface area contributed by atoms with Gasteiger partial charge in [0.2, 0.25) is 0 Å². The summed E-state index contributed by atoms with van der Waals surface area (Å²) in [6.45, 7) is 4.38. The van der Waals surface area contributed by atoms with E-state index in [4.69, 9.17) is 21.1 Å². The third kappa shape index (κ3) is 5.96. The van der Waals surface area contributed by atoms with Crippen molar-refractivity contribution in [3.8, 4) is 5.75 Å². The predicted octanol–water partition coefficient (Wildman–Crippen LogP) is 5.03. The highest BCUT2D eigenvalue weighted by Crippen LogP contribution is 2.34. The Kier molecular flexibility index (Phi) is 7.22. The number of hydrogen-bond acceptors (Lipinski definition) is 7. The molecule has 1 aliphatic heterocycles. The van der Waals surface area contributed by atoms with Crippen LogP contribution in [0.1, 0.15) is 23.2 Å². The van der Waals surface area contributed by atoms with Crippen LogP contribution in [0.15, 0.2) is 48.8 Å². The third-order valence-electron chi connectivity index (χ3n) is 6.09. The second-order valence-corrected chi connectivity index (χ2v) is 9.18. The number of fused-ring (bicyclic) bond motifs is 1. The molecule has 9 heteroatoms. The summed E-state index contributed by atoms with van der Waals surface area (Å²) < 4.78 is 25.0. The molecule has 1 saturated carbocycles. The van der Waals surface area contributed by atoms with Crippen LogP contribution in [-0.4, -0.2) is 60.1 Å². The standard InChI is InChI=1S/C26H26ClFN4O3/c27-21-12-18(5-6-22(21)28)31-26-19-13-20(24(33)2-1-7-32-8-10-34-11-9-32)25(35-15-17-3-4-17)14-23(19)29-16-30-26/h1-2,5-6,12-14,16-17H,3-4,7-11,15H2,(H,29,30,31). The maximum Gasteiger partial charge on any atom is 0.189 e. The van der Waals surface area contributed by atoms with Gasteiger partial charge >= 0.3 is 0 Å². The lowest BCUT2D eigenvalue weighted by molar-refractivity contribution is 0.0434. The van der Waals surface area contributed by atoms with Crippen molar-refractivity contribution in [1.29, 1.82) is 0 Å². The highest BCUT2D eigenvalue weighted by Gasteiger charge is 2.23. The number of aromatic nitrogens is 2. The smallest absolute Gasteiger partial charge is 0.189 e. The van der Waals surface area contributed by atoms with Crippen LogP contribution >= 0.6 is 11.6 Å². The Morgan fingerprint density at radius 1 is 1.23 bits per heavy atom. The van der Waals surface area contributed by atoms with Crippen LogP contribution in [-0.2, 0) is 4.74 Å². The molecule has 0 unspecified atom stereocenters. The Morgan fingerprint density at radius 2 is 2.06 bits per heavy atom. The zero-order valence-electron chi connectivity index (χ0n) is 19.2. The minimum Gasteiger partial charge on any atom is -0.492 e. The number of carbonyl (C=O) groups is 1. The number of hydrogen-bond donors (Lipinski definition) is 1. The van der Waals surface area contributed by atoms with E-state index >= 15 is 0 Å². The van der Waals surface area contributed by atoms with Gasteiger partial charge in [0.1, 0.15) is 23.7 Å². The molecule has 1 N–H and O–H groups in total. The molecule has 0 spiro atoms. The summed E-state index contributed by atoms with van der Waals surface area (Å²) in [6, 6.07) is 7.88. The predicted molar refractivity (Wildman–Crippen MR) is 133 cm³/mol. The van der Waals surface area contributed by atoms with E-state index in [1.54, 1.807) is 24.3 Å². The van der Waals surface area contributed by atoms with Gasteiger partial charge in [0, 0.05) is 36.8 Å². The Labute approximate surface area is 207 Å². The molecule has 0 atom stereocenters. The monoisotopic (exact) mass is 496 g/mol. The third-order valence-corrected chi connectivity index (χ3v) is 6.38. The summed E-state index contributed by atoms with van der Waals surface area (Å²) in [5.41, 5.74) is 1.66. The molecule has 1 saturated heterocycles. The average molecular weight is 497 g/mol. The van der Waals surface area contributed by atoms with Crippen molar-refractivity contribution in [2.24, 2.45) is 5.92 Å². The summed E-state index contributed by atoms with van der Waals surface area (Å²) in [4.78, 5) is 24.2. The van der Waals surface area contributed by atoms with Gasteiger partial charge in [-0.1, -0.05) is 17.7 Å². The van der Waals surface area contributed by atoms with Crippen molar-refractivity contribution >= 4 is 39.8 Å². The number of nitrogens with one attached hydrogen (secondary N) is 1. The largest absolute Gasteiger partial charge is 0.492 e. The molecule has 3 aromatic rings. The first-order valence-corrected chi connectivity index (χ1v) is 12.1. The number of halogens is 2. The van der Waals surface area contributed by atoms with Crippen LogP contribution in [0.3, 0.4) is 0 Å². The second-order valence-electron chi connectivity index (χ2n) is 8.78. The van der Waals surface area contributed by atoms with Gasteiger partial charge in [-0.05, 0) is 49.1 Å². The quantitative estimate of drug-likeness (QED) is 0.329. The molecule has 5 rings (SSSR count). The lowest BCUT2D eigenvalue weighted by Gasteiger charge is -2.25. The fraction of sp³-hybridized carbons (Fsp3) is 0.346. The first-order valence-electron chi connectivity index (χ1n) is 11.7. The minimum absolute atomic E-state index is 0.00500. The van der Waals surface area contributed by atoms with Gasteiger partial charge in [0.05, 0.1) is 35.9 Å². The van der Waals surface area contributed by atoms with Gasteiger partial charge in [-0.3, -0.25) is 9.69 Å². The zero-order chi connectivity index (χ0) is 24.2.